The van der Waals surface area contributed by atoms with Gasteiger partial charge in [-0.05, 0) is 30.2 Å². The third kappa shape index (κ3) is 3.33. The number of nitrogens with two attached hydrogens (primary N) is 1. The van der Waals surface area contributed by atoms with Gasteiger partial charge in [-0.3, -0.25) is 0 Å². The fourth-order valence-electron chi connectivity index (χ4n) is 2.09. The SMILES string of the molecule is CCc1cc(CN)cc(N(C)Cc2ccccc2F)n1. The van der Waals surface area contributed by atoms with E-state index in [0.717, 1.165) is 23.5 Å². The molecule has 0 unspecified atom stereocenters. The summed E-state index contributed by atoms with van der Waals surface area (Å²) in [6.07, 6.45) is 0.856. The van der Waals surface area contributed by atoms with Gasteiger partial charge in [-0.1, -0.05) is 25.1 Å². The summed E-state index contributed by atoms with van der Waals surface area (Å²) in [4.78, 5) is 6.51. The average molecular weight is 273 g/mol. The first-order valence-corrected chi connectivity index (χ1v) is 6.78. The first kappa shape index (κ1) is 14.5. The molecule has 0 aliphatic carbocycles. The molecule has 1 heterocycles. The van der Waals surface area contributed by atoms with Crippen molar-refractivity contribution in [2.45, 2.75) is 26.4 Å². The first-order valence-electron chi connectivity index (χ1n) is 6.78. The quantitative estimate of drug-likeness (QED) is 0.911. The van der Waals surface area contributed by atoms with E-state index in [9.17, 15) is 4.39 Å². The minimum Gasteiger partial charge on any atom is -0.355 e. The van der Waals surface area contributed by atoms with Gasteiger partial charge in [0, 0.05) is 31.4 Å². The van der Waals surface area contributed by atoms with E-state index in [4.69, 9.17) is 5.73 Å². The van der Waals surface area contributed by atoms with Gasteiger partial charge in [-0.25, -0.2) is 9.37 Å². The number of rotatable bonds is 5. The van der Waals surface area contributed by atoms with E-state index in [1.165, 1.54) is 6.07 Å². The van der Waals surface area contributed by atoms with Gasteiger partial charge in [0.2, 0.25) is 0 Å². The smallest absolute Gasteiger partial charge is 0.129 e. The summed E-state index contributed by atoms with van der Waals surface area (Å²) in [6.45, 7) is 3.02. The summed E-state index contributed by atoms with van der Waals surface area (Å²) >= 11 is 0. The number of aromatic nitrogens is 1. The predicted octanol–water partition coefficient (Wildman–Crippen LogP) is 2.88. The highest BCUT2D eigenvalue weighted by Gasteiger charge is 2.09. The summed E-state index contributed by atoms with van der Waals surface area (Å²) in [5.74, 6) is 0.637. The van der Waals surface area contributed by atoms with Crippen molar-refractivity contribution < 1.29 is 4.39 Å². The van der Waals surface area contributed by atoms with Crippen LogP contribution in [0, 0.1) is 5.82 Å². The van der Waals surface area contributed by atoms with Crippen LogP contribution >= 0.6 is 0 Å². The molecule has 2 rings (SSSR count). The fraction of sp³-hybridized carbons (Fsp3) is 0.312. The molecule has 0 aliphatic heterocycles. The van der Waals surface area contributed by atoms with Crippen molar-refractivity contribution in [3.8, 4) is 0 Å². The number of benzene rings is 1. The third-order valence-corrected chi connectivity index (χ3v) is 3.28. The Balaban J connectivity index is 2.24. The zero-order valence-corrected chi connectivity index (χ0v) is 11.9. The standard InChI is InChI=1S/C16H20FN3/c1-3-14-8-12(10-18)9-16(19-14)20(2)11-13-6-4-5-7-15(13)17/h4-9H,3,10-11,18H2,1-2H3. The van der Waals surface area contributed by atoms with Crippen LogP contribution in [0.5, 0.6) is 0 Å². The summed E-state index contributed by atoms with van der Waals surface area (Å²) < 4.78 is 13.7. The Morgan fingerprint density at radius 2 is 2.00 bits per heavy atom. The van der Waals surface area contributed by atoms with Gasteiger partial charge in [-0.2, -0.15) is 0 Å². The van der Waals surface area contributed by atoms with Crippen molar-refractivity contribution in [1.82, 2.24) is 4.98 Å². The van der Waals surface area contributed by atoms with Gasteiger partial charge in [0.1, 0.15) is 11.6 Å². The van der Waals surface area contributed by atoms with Crippen molar-refractivity contribution in [1.29, 1.82) is 0 Å². The Bertz CT molecular complexity index is 561. The second-order valence-electron chi connectivity index (χ2n) is 4.83. The monoisotopic (exact) mass is 273 g/mol. The van der Waals surface area contributed by atoms with E-state index in [1.807, 2.05) is 30.1 Å². The molecule has 3 nitrogen and oxygen atoms in total. The number of hydrogen-bond donors (Lipinski definition) is 1. The molecule has 1 aromatic carbocycles. The van der Waals surface area contributed by atoms with Crippen LogP contribution in [0.4, 0.5) is 10.2 Å². The van der Waals surface area contributed by atoms with Gasteiger partial charge in [0.15, 0.2) is 0 Å². The highest BCUT2D eigenvalue weighted by atomic mass is 19.1. The van der Waals surface area contributed by atoms with E-state index in [2.05, 4.69) is 11.9 Å². The average Bonchev–Trinajstić information content (AvgIpc) is 2.48. The van der Waals surface area contributed by atoms with Crippen LogP contribution in [-0.4, -0.2) is 12.0 Å². The van der Waals surface area contributed by atoms with Crippen molar-refractivity contribution in [3.63, 3.8) is 0 Å². The molecular formula is C16H20FN3. The number of halogens is 1. The summed E-state index contributed by atoms with van der Waals surface area (Å²) in [7, 11) is 1.91. The van der Waals surface area contributed by atoms with Gasteiger partial charge < -0.3 is 10.6 Å². The summed E-state index contributed by atoms with van der Waals surface area (Å²) in [5, 5.41) is 0. The molecular weight excluding hydrogens is 253 g/mol. The van der Waals surface area contributed by atoms with E-state index >= 15 is 0 Å². The molecule has 2 N–H and O–H groups in total. The van der Waals surface area contributed by atoms with E-state index in [-0.39, 0.29) is 5.82 Å². The minimum atomic E-state index is -0.190. The molecule has 1 aromatic heterocycles. The van der Waals surface area contributed by atoms with Crippen LogP contribution < -0.4 is 10.6 Å². The Kier molecular flexibility index (Phi) is 4.69. The molecule has 0 radical (unpaired) electrons. The maximum Gasteiger partial charge on any atom is 0.129 e. The molecule has 20 heavy (non-hydrogen) atoms. The lowest BCUT2D eigenvalue weighted by Crippen LogP contribution is -2.19. The van der Waals surface area contributed by atoms with Crippen molar-refractivity contribution in [2.75, 3.05) is 11.9 Å². The lowest BCUT2D eigenvalue weighted by atomic mass is 10.1. The summed E-state index contributed by atoms with van der Waals surface area (Å²) in [6, 6.07) is 10.8. The van der Waals surface area contributed by atoms with Crippen molar-refractivity contribution >= 4 is 5.82 Å². The second kappa shape index (κ2) is 6.48. The highest BCUT2D eigenvalue weighted by molar-refractivity contribution is 5.43. The van der Waals surface area contributed by atoms with E-state index in [1.54, 1.807) is 12.1 Å². The number of aryl methyl sites for hydroxylation is 1. The molecule has 2 aromatic rings. The highest BCUT2D eigenvalue weighted by Crippen LogP contribution is 2.18. The summed E-state index contributed by atoms with van der Waals surface area (Å²) in [5.41, 5.74) is 8.42. The number of pyridine rings is 1. The van der Waals surface area contributed by atoms with Crippen LogP contribution in [0.25, 0.3) is 0 Å². The van der Waals surface area contributed by atoms with Gasteiger partial charge >= 0.3 is 0 Å². The number of nitrogens with zero attached hydrogens (tertiary/aromatic N) is 2. The Labute approximate surface area is 119 Å². The first-order chi connectivity index (χ1) is 9.63. The van der Waals surface area contributed by atoms with Crippen molar-refractivity contribution in [2.24, 2.45) is 5.73 Å². The topological polar surface area (TPSA) is 42.1 Å². The van der Waals surface area contributed by atoms with Crippen molar-refractivity contribution in [3.05, 3.63) is 59.0 Å². The molecule has 0 bridgehead atoms. The molecule has 0 spiro atoms. The van der Waals surface area contributed by atoms with Crippen LogP contribution in [0.2, 0.25) is 0 Å². The van der Waals surface area contributed by atoms with Crippen LogP contribution in [-0.2, 0) is 19.5 Å². The van der Waals surface area contributed by atoms with Crippen LogP contribution in [0.15, 0.2) is 36.4 Å². The maximum atomic E-state index is 13.7. The zero-order chi connectivity index (χ0) is 14.5. The maximum absolute atomic E-state index is 13.7. The van der Waals surface area contributed by atoms with E-state index in [0.29, 0.717) is 18.7 Å². The third-order valence-electron chi connectivity index (χ3n) is 3.28. The lowest BCUT2D eigenvalue weighted by molar-refractivity contribution is 0.607. The van der Waals surface area contributed by atoms with Gasteiger partial charge in [-0.15, -0.1) is 0 Å². The molecule has 4 heteroatoms. The molecule has 0 fully saturated rings. The lowest BCUT2D eigenvalue weighted by Gasteiger charge is -2.20. The molecule has 0 saturated heterocycles. The molecule has 0 atom stereocenters. The largest absolute Gasteiger partial charge is 0.355 e. The fourth-order valence-corrected chi connectivity index (χ4v) is 2.09. The van der Waals surface area contributed by atoms with Crippen LogP contribution in [0.3, 0.4) is 0 Å². The minimum absolute atomic E-state index is 0.190. The Morgan fingerprint density at radius 1 is 1.25 bits per heavy atom. The van der Waals surface area contributed by atoms with Crippen LogP contribution in [0.1, 0.15) is 23.7 Å². The van der Waals surface area contributed by atoms with Gasteiger partial charge in [0.25, 0.3) is 0 Å². The Hall–Kier alpha value is -1.94. The van der Waals surface area contributed by atoms with E-state index < -0.39 is 0 Å². The number of hydrogen-bond acceptors (Lipinski definition) is 3. The predicted molar refractivity (Wildman–Crippen MR) is 80.0 cm³/mol. The molecule has 0 saturated carbocycles. The molecule has 0 amide bonds. The number of anilines is 1. The zero-order valence-electron chi connectivity index (χ0n) is 11.9. The van der Waals surface area contributed by atoms with Gasteiger partial charge in [0.05, 0.1) is 0 Å². The Morgan fingerprint density at radius 3 is 2.65 bits per heavy atom. The molecule has 106 valence electrons. The molecule has 0 aliphatic rings. The normalized spacial score (nSPS) is 10.6. The second-order valence-corrected chi connectivity index (χ2v) is 4.83.